The van der Waals surface area contributed by atoms with E-state index in [1.807, 2.05) is 24.3 Å². The van der Waals surface area contributed by atoms with E-state index >= 15 is 0 Å². The van der Waals surface area contributed by atoms with E-state index in [-0.39, 0.29) is 0 Å². The first-order valence-electron chi connectivity index (χ1n) is 9.98. The third-order valence-electron chi connectivity index (χ3n) is 4.81. The van der Waals surface area contributed by atoms with Crippen molar-refractivity contribution in [1.29, 1.82) is 0 Å². The Kier molecular flexibility index (Phi) is 5.86. The van der Waals surface area contributed by atoms with Gasteiger partial charge in [-0.2, -0.15) is 15.0 Å². The highest BCUT2D eigenvalue weighted by atomic mass is 16.5. The van der Waals surface area contributed by atoms with Crippen LogP contribution in [0.2, 0.25) is 0 Å². The second-order valence-electron chi connectivity index (χ2n) is 7.05. The topological polar surface area (TPSA) is 75.2 Å². The number of nitrogens with one attached hydrogen (secondary N) is 2. The number of hydrogen-bond donors (Lipinski definition) is 2. The minimum atomic E-state index is 0.514. The van der Waals surface area contributed by atoms with E-state index < -0.39 is 0 Å². The zero-order valence-corrected chi connectivity index (χ0v) is 16.9. The van der Waals surface area contributed by atoms with Crippen molar-refractivity contribution < 1.29 is 4.74 Å². The van der Waals surface area contributed by atoms with Crippen molar-refractivity contribution in [1.82, 2.24) is 15.0 Å². The van der Waals surface area contributed by atoms with E-state index in [4.69, 9.17) is 4.74 Å². The van der Waals surface area contributed by atoms with Crippen LogP contribution in [0.4, 0.5) is 29.2 Å². The fourth-order valence-electron chi connectivity index (χ4n) is 3.19. The lowest BCUT2D eigenvalue weighted by Gasteiger charge is -2.27. The van der Waals surface area contributed by atoms with Gasteiger partial charge in [0.15, 0.2) is 0 Å². The molecule has 0 saturated carbocycles. The molecule has 7 heteroatoms. The number of anilines is 5. The third-order valence-corrected chi connectivity index (χ3v) is 4.81. The number of rotatable bonds is 6. The van der Waals surface area contributed by atoms with Gasteiger partial charge in [-0.15, -0.1) is 0 Å². The van der Waals surface area contributed by atoms with E-state index in [1.54, 1.807) is 0 Å². The highest BCUT2D eigenvalue weighted by Gasteiger charge is 2.17. The minimum absolute atomic E-state index is 0.514. The Labute approximate surface area is 171 Å². The molecular formula is C22H26N6O. The maximum Gasteiger partial charge on any atom is 0.233 e. The number of ether oxygens (including phenoxy) is 1. The van der Waals surface area contributed by atoms with Crippen molar-refractivity contribution in [2.24, 2.45) is 0 Å². The van der Waals surface area contributed by atoms with Crippen LogP contribution in [0.5, 0.6) is 0 Å². The fourth-order valence-corrected chi connectivity index (χ4v) is 3.19. The summed E-state index contributed by atoms with van der Waals surface area (Å²) in [4.78, 5) is 16.0. The molecule has 3 aromatic rings. The van der Waals surface area contributed by atoms with Crippen LogP contribution in [0.3, 0.4) is 0 Å². The van der Waals surface area contributed by atoms with Gasteiger partial charge in [-0.3, -0.25) is 0 Å². The molecule has 1 saturated heterocycles. The van der Waals surface area contributed by atoms with Gasteiger partial charge in [0, 0.05) is 24.5 Å². The van der Waals surface area contributed by atoms with Crippen molar-refractivity contribution in [3.8, 4) is 0 Å². The Morgan fingerprint density at radius 3 is 2.24 bits per heavy atom. The molecule has 0 amide bonds. The van der Waals surface area contributed by atoms with Gasteiger partial charge in [-0.1, -0.05) is 31.2 Å². The van der Waals surface area contributed by atoms with Crippen molar-refractivity contribution in [3.63, 3.8) is 0 Å². The van der Waals surface area contributed by atoms with E-state index in [0.717, 1.165) is 30.9 Å². The monoisotopic (exact) mass is 390 g/mol. The zero-order valence-electron chi connectivity index (χ0n) is 16.9. The predicted octanol–water partition coefficient (Wildman–Crippen LogP) is 4.07. The molecular weight excluding hydrogens is 364 g/mol. The maximum absolute atomic E-state index is 5.46. The molecule has 1 fully saturated rings. The van der Waals surface area contributed by atoms with Crippen LogP contribution in [-0.2, 0) is 11.2 Å². The molecule has 1 aliphatic rings. The Balaban J connectivity index is 1.63. The molecule has 0 radical (unpaired) electrons. The SMILES string of the molecule is CCc1ccc(Nc2nc(Nc3cccc(C)c3)nc(N3CCOCC3)n2)cc1. The molecule has 150 valence electrons. The summed E-state index contributed by atoms with van der Waals surface area (Å²) in [5.41, 5.74) is 4.36. The Hall–Kier alpha value is -3.19. The largest absolute Gasteiger partial charge is 0.378 e. The first kappa shape index (κ1) is 19.1. The molecule has 0 unspecified atom stereocenters. The number of benzene rings is 2. The summed E-state index contributed by atoms with van der Waals surface area (Å²) in [5.74, 6) is 1.67. The first-order valence-corrected chi connectivity index (χ1v) is 9.98. The number of aryl methyl sites for hydroxylation is 2. The molecule has 1 aromatic heterocycles. The highest BCUT2D eigenvalue weighted by molar-refractivity contribution is 5.60. The van der Waals surface area contributed by atoms with Gasteiger partial charge >= 0.3 is 0 Å². The molecule has 2 N–H and O–H groups in total. The number of aromatic nitrogens is 3. The lowest BCUT2D eigenvalue weighted by atomic mass is 10.1. The van der Waals surface area contributed by atoms with Crippen molar-refractivity contribution >= 4 is 29.2 Å². The first-order chi connectivity index (χ1) is 14.2. The highest BCUT2D eigenvalue weighted by Crippen LogP contribution is 2.21. The van der Waals surface area contributed by atoms with Crippen LogP contribution in [0, 0.1) is 6.92 Å². The summed E-state index contributed by atoms with van der Waals surface area (Å²) in [5, 5.41) is 6.62. The molecule has 29 heavy (non-hydrogen) atoms. The minimum Gasteiger partial charge on any atom is -0.378 e. The summed E-state index contributed by atoms with van der Waals surface area (Å²) in [6.07, 6.45) is 1.01. The standard InChI is InChI=1S/C22H26N6O/c1-3-17-7-9-18(10-8-17)23-20-25-21(24-19-6-4-5-16(2)15-19)27-22(26-20)28-11-13-29-14-12-28/h4-10,15H,3,11-14H2,1-2H3,(H2,23,24,25,26,27). The number of hydrogen-bond acceptors (Lipinski definition) is 7. The molecule has 7 nitrogen and oxygen atoms in total. The predicted molar refractivity (Wildman–Crippen MR) is 116 cm³/mol. The van der Waals surface area contributed by atoms with Crippen LogP contribution in [0.15, 0.2) is 48.5 Å². The Morgan fingerprint density at radius 1 is 0.897 bits per heavy atom. The van der Waals surface area contributed by atoms with E-state index in [9.17, 15) is 0 Å². The van der Waals surface area contributed by atoms with E-state index in [0.29, 0.717) is 31.1 Å². The van der Waals surface area contributed by atoms with E-state index in [2.05, 4.69) is 68.6 Å². The van der Waals surface area contributed by atoms with Crippen LogP contribution in [-0.4, -0.2) is 41.3 Å². The quantitative estimate of drug-likeness (QED) is 0.657. The maximum atomic E-state index is 5.46. The lowest BCUT2D eigenvalue weighted by molar-refractivity contribution is 0.122. The average molecular weight is 390 g/mol. The lowest BCUT2D eigenvalue weighted by Crippen LogP contribution is -2.37. The third kappa shape index (κ3) is 5.00. The Bertz CT molecular complexity index is 954. The molecule has 0 atom stereocenters. The van der Waals surface area contributed by atoms with Crippen LogP contribution < -0.4 is 15.5 Å². The molecule has 0 aliphatic carbocycles. The van der Waals surface area contributed by atoms with Crippen molar-refractivity contribution in [3.05, 3.63) is 59.7 Å². The molecule has 0 bridgehead atoms. The van der Waals surface area contributed by atoms with Crippen molar-refractivity contribution in [2.45, 2.75) is 20.3 Å². The second-order valence-corrected chi connectivity index (χ2v) is 7.05. The summed E-state index contributed by atoms with van der Waals surface area (Å²) in [6, 6.07) is 16.4. The summed E-state index contributed by atoms with van der Waals surface area (Å²) in [7, 11) is 0. The molecule has 0 spiro atoms. The van der Waals surface area contributed by atoms with Crippen molar-refractivity contribution in [2.75, 3.05) is 41.8 Å². The summed E-state index contributed by atoms with van der Waals surface area (Å²) in [6.45, 7) is 7.08. The van der Waals surface area contributed by atoms with E-state index in [1.165, 1.54) is 11.1 Å². The van der Waals surface area contributed by atoms with Crippen LogP contribution in [0.1, 0.15) is 18.1 Å². The normalized spacial score (nSPS) is 13.9. The van der Waals surface area contributed by atoms with Gasteiger partial charge in [0.25, 0.3) is 0 Å². The molecule has 2 aromatic carbocycles. The number of nitrogens with zero attached hydrogens (tertiary/aromatic N) is 4. The summed E-state index contributed by atoms with van der Waals surface area (Å²) >= 11 is 0. The van der Waals surface area contributed by atoms with Gasteiger partial charge in [-0.25, -0.2) is 0 Å². The van der Waals surface area contributed by atoms with Gasteiger partial charge < -0.3 is 20.3 Å². The zero-order chi connectivity index (χ0) is 20.1. The van der Waals surface area contributed by atoms with Gasteiger partial charge in [-0.05, 0) is 48.7 Å². The van der Waals surface area contributed by atoms with Gasteiger partial charge in [0.05, 0.1) is 13.2 Å². The summed E-state index contributed by atoms with van der Waals surface area (Å²) < 4.78 is 5.46. The van der Waals surface area contributed by atoms with Crippen LogP contribution >= 0.6 is 0 Å². The molecule has 2 heterocycles. The Morgan fingerprint density at radius 2 is 1.59 bits per heavy atom. The van der Waals surface area contributed by atoms with Gasteiger partial charge in [0.2, 0.25) is 17.8 Å². The second kappa shape index (κ2) is 8.87. The number of morpholine rings is 1. The van der Waals surface area contributed by atoms with Gasteiger partial charge in [0.1, 0.15) is 0 Å². The smallest absolute Gasteiger partial charge is 0.233 e. The fraction of sp³-hybridized carbons (Fsp3) is 0.318. The molecule has 1 aliphatic heterocycles. The average Bonchev–Trinajstić information content (AvgIpc) is 2.75. The molecule has 4 rings (SSSR count). The van der Waals surface area contributed by atoms with Crippen LogP contribution in [0.25, 0.3) is 0 Å².